The van der Waals surface area contributed by atoms with Crippen LogP contribution in [0.3, 0.4) is 0 Å². The van der Waals surface area contributed by atoms with Crippen molar-refractivity contribution in [2.24, 2.45) is 0 Å². The molecular weight excluding hydrogens is 284 g/mol. The summed E-state index contributed by atoms with van der Waals surface area (Å²) in [7, 11) is 1.58. The van der Waals surface area contributed by atoms with Crippen LogP contribution in [-0.2, 0) is 17.8 Å². The minimum absolute atomic E-state index is 0.0497. The number of allylic oxidation sites excluding steroid dienone is 2. The number of hydrogen-bond donors (Lipinski definition) is 3. The Bertz CT molecular complexity index is 577. The molecule has 0 radical (unpaired) electrons. The second kappa shape index (κ2) is 7.13. The average Bonchev–Trinajstić information content (AvgIpc) is 2.89. The standard InChI is InChI=1S/C17H24O5/c1-10(5-4-8-18)6-7-12-15(19)14-13(9-22-17(14)20)11(2)16(12)21-3/h6,17-20H,4-5,7-9H2,1-3H3/b10-6+. The van der Waals surface area contributed by atoms with Crippen LogP contribution in [0.25, 0.3) is 0 Å². The summed E-state index contributed by atoms with van der Waals surface area (Å²) in [6.07, 6.45) is 2.97. The number of rotatable bonds is 6. The zero-order valence-corrected chi connectivity index (χ0v) is 13.3. The van der Waals surface area contributed by atoms with Crippen LogP contribution in [0.4, 0.5) is 0 Å². The summed E-state index contributed by atoms with van der Waals surface area (Å²) < 4.78 is 10.7. The topological polar surface area (TPSA) is 79.2 Å². The van der Waals surface area contributed by atoms with Gasteiger partial charge in [-0.3, -0.25) is 0 Å². The molecule has 1 aliphatic rings. The summed E-state index contributed by atoms with van der Waals surface area (Å²) in [5.74, 6) is 0.689. The average molecular weight is 308 g/mol. The lowest BCUT2D eigenvalue weighted by molar-refractivity contribution is -0.0926. The van der Waals surface area contributed by atoms with Crippen LogP contribution in [0.2, 0.25) is 0 Å². The van der Waals surface area contributed by atoms with Gasteiger partial charge < -0.3 is 24.8 Å². The van der Waals surface area contributed by atoms with Gasteiger partial charge in [0.25, 0.3) is 0 Å². The number of methoxy groups -OCH3 is 1. The van der Waals surface area contributed by atoms with Crippen LogP contribution in [0, 0.1) is 6.92 Å². The van der Waals surface area contributed by atoms with Gasteiger partial charge in [-0.1, -0.05) is 11.6 Å². The first-order chi connectivity index (χ1) is 10.5. The first-order valence-corrected chi connectivity index (χ1v) is 7.48. The third-order valence-corrected chi connectivity index (χ3v) is 4.15. The quantitative estimate of drug-likeness (QED) is 0.704. The van der Waals surface area contributed by atoms with Crippen molar-refractivity contribution in [2.75, 3.05) is 13.7 Å². The van der Waals surface area contributed by atoms with Crippen molar-refractivity contribution in [3.8, 4) is 11.5 Å². The third-order valence-electron chi connectivity index (χ3n) is 4.15. The molecule has 1 aromatic rings. The largest absolute Gasteiger partial charge is 0.507 e. The summed E-state index contributed by atoms with van der Waals surface area (Å²) in [5.41, 5.74) is 3.95. The minimum atomic E-state index is -1.09. The molecule has 0 saturated heterocycles. The van der Waals surface area contributed by atoms with E-state index < -0.39 is 6.29 Å². The lowest BCUT2D eigenvalue weighted by Gasteiger charge is -2.17. The normalized spacial score (nSPS) is 17.7. The second-order valence-electron chi connectivity index (χ2n) is 5.62. The number of aliphatic hydroxyl groups excluding tert-OH is 2. The van der Waals surface area contributed by atoms with Crippen LogP contribution < -0.4 is 4.74 Å². The van der Waals surface area contributed by atoms with Crippen LogP contribution in [0.5, 0.6) is 11.5 Å². The van der Waals surface area contributed by atoms with Crippen molar-refractivity contribution in [3.63, 3.8) is 0 Å². The highest BCUT2D eigenvalue weighted by atomic mass is 16.6. The predicted octanol–water partition coefficient (Wildman–Crippen LogP) is 2.49. The van der Waals surface area contributed by atoms with Gasteiger partial charge in [-0.25, -0.2) is 0 Å². The van der Waals surface area contributed by atoms with E-state index in [1.54, 1.807) is 7.11 Å². The number of ether oxygens (including phenoxy) is 2. The van der Waals surface area contributed by atoms with Gasteiger partial charge in [0.1, 0.15) is 11.5 Å². The number of benzene rings is 1. The molecule has 0 spiro atoms. The van der Waals surface area contributed by atoms with E-state index >= 15 is 0 Å². The zero-order chi connectivity index (χ0) is 16.3. The lowest BCUT2D eigenvalue weighted by atomic mass is 9.94. The molecule has 1 aromatic carbocycles. The summed E-state index contributed by atoms with van der Waals surface area (Å²) >= 11 is 0. The Morgan fingerprint density at radius 1 is 1.45 bits per heavy atom. The Hall–Kier alpha value is -1.56. The number of hydrogen-bond acceptors (Lipinski definition) is 5. The van der Waals surface area contributed by atoms with E-state index in [0.717, 1.165) is 29.5 Å². The van der Waals surface area contributed by atoms with E-state index in [4.69, 9.17) is 14.6 Å². The fraction of sp³-hybridized carbons (Fsp3) is 0.529. The predicted molar refractivity (Wildman–Crippen MR) is 82.9 cm³/mol. The maximum absolute atomic E-state index is 10.5. The first kappa shape index (κ1) is 16.8. The molecule has 0 aliphatic carbocycles. The maximum Gasteiger partial charge on any atom is 0.185 e. The summed E-state index contributed by atoms with van der Waals surface area (Å²) in [4.78, 5) is 0. The molecule has 0 aromatic heterocycles. The first-order valence-electron chi connectivity index (χ1n) is 7.48. The molecule has 1 heterocycles. The van der Waals surface area contributed by atoms with Gasteiger partial charge in [0, 0.05) is 12.2 Å². The van der Waals surface area contributed by atoms with Crippen molar-refractivity contribution in [2.45, 2.75) is 46.0 Å². The van der Waals surface area contributed by atoms with E-state index in [2.05, 4.69) is 0 Å². The molecule has 5 heteroatoms. The molecular formula is C17H24O5. The number of phenols is 1. The van der Waals surface area contributed by atoms with Crippen molar-refractivity contribution >= 4 is 0 Å². The molecule has 1 atom stereocenters. The Labute approximate surface area is 130 Å². The van der Waals surface area contributed by atoms with Gasteiger partial charge in [-0.05, 0) is 44.2 Å². The summed E-state index contributed by atoms with van der Waals surface area (Å²) in [6, 6.07) is 0. The molecule has 1 unspecified atom stereocenters. The van der Waals surface area contributed by atoms with Gasteiger partial charge in [0.2, 0.25) is 0 Å². The number of fused-ring (bicyclic) bond motifs is 1. The van der Waals surface area contributed by atoms with Gasteiger partial charge in [-0.2, -0.15) is 0 Å². The highest BCUT2D eigenvalue weighted by Gasteiger charge is 2.31. The molecule has 5 nitrogen and oxygen atoms in total. The van der Waals surface area contributed by atoms with Crippen LogP contribution in [0.1, 0.15) is 48.3 Å². The minimum Gasteiger partial charge on any atom is -0.507 e. The third kappa shape index (κ3) is 3.11. The molecule has 3 N–H and O–H groups in total. The van der Waals surface area contributed by atoms with Crippen LogP contribution in [-0.4, -0.2) is 29.0 Å². The smallest absolute Gasteiger partial charge is 0.185 e. The molecule has 22 heavy (non-hydrogen) atoms. The highest BCUT2D eigenvalue weighted by molar-refractivity contribution is 5.60. The fourth-order valence-corrected chi connectivity index (χ4v) is 2.88. The molecule has 2 rings (SSSR count). The Morgan fingerprint density at radius 2 is 2.18 bits per heavy atom. The fourth-order valence-electron chi connectivity index (χ4n) is 2.88. The lowest BCUT2D eigenvalue weighted by Crippen LogP contribution is -2.02. The molecule has 122 valence electrons. The molecule has 1 aliphatic heterocycles. The molecule has 0 saturated carbocycles. The number of aromatic hydroxyl groups is 1. The van der Waals surface area contributed by atoms with Crippen LogP contribution >= 0.6 is 0 Å². The van der Waals surface area contributed by atoms with Gasteiger partial charge >= 0.3 is 0 Å². The van der Waals surface area contributed by atoms with E-state index in [0.29, 0.717) is 23.3 Å². The summed E-state index contributed by atoms with van der Waals surface area (Å²) in [6.45, 7) is 4.35. The Balaban J connectivity index is 2.39. The van der Waals surface area contributed by atoms with Gasteiger partial charge in [0.15, 0.2) is 6.29 Å². The number of phenolic OH excluding ortho intramolecular Hbond substituents is 1. The van der Waals surface area contributed by atoms with E-state index in [1.807, 2.05) is 19.9 Å². The van der Waals surface area contributed by atoms with E-state index in [-0.39, 0.29) is 19.0 Å². The Morgan fingerprint density at radius 3 is 2.82 bits per heavy atom. The van der Waals surface area contributed by atoms with Crippen molar-refractivity contribution in [3.05, 3.63) is 33.9 Å². The van der Waals surface area contributed by atoms with Crippen LogP contribution in [0.15, 0.2) is 11.6 Å². The zero-order valence-electron chi connectivity index (χ0n) is 13.3. The van der Waals surface area contributed by atoms with Crippen molar-refractivity contribution in [1.82, 2.24) is 0 Å². The summed E-state index contributed by atoms with van der Waals surface area (Å²) in [5, 5.41) is 29.3. The van der Waals surface area contributed by atoms with Crippen molar-refractivity contribution in [1.29, 1.82) is 0 Å². The molecule has 0 amide bonds. The van der Waals surface area contributed by atoms with E-state index in [1.165, 1.54) is 0 Å². The van der Waals surface area contributed by atoms with Crippen molar-refractivity contribution < 1.29 is 24.8 Å². The highest BCUT2D eigenvalue weighted by Crippen LogP contribution is 2.45. The van der Waals surface area contributed by atoms with Gasteiger partial charge in [-0.15, -0.1) is 0 Å². The van der Waals surface area contributed by atoms with Gasteiger partial charge in [0.05, 0.1) is 19.3 Å². The molecule has 0 fully saturated rings. The Kier molecular flexibility index (Phi) is 5.45. The maximum atomic E-state index is 10.5. The SMILES string of the molecule is COc1c(C)c2c(c(O)c1C/C=C(\C)CCCO)C(O)OC2. The monoisotopic (exact) mass is 308 g/mol. The van der Waals surface area contributed by atoms with E-state index in [9.17, 15) is 10.2 Å². The molecule has 0 bridgehead atoms. The number of aliphatic hydroxyl groups is 2. The second-order valence-corrected chi connectivity index (χ2v) is 5.62.